The molecule has 0 fully saturated rings. The number of alkyl halides is 1. The van der Waals surface area contributed by atoms with Gasteiger partial charge in [0.15, 0.2) is 0 Å². The zero-order valence-electron chi connectivity index (χ0n) is 4.75. The van der Waals surface area contributed by atoms with Gasteiger partial charge in [0.25, 0.3) is 0 Å². The molecule has 9 heavy (non-hydrogen) atoms. The van der Waals surface area contributed by atoms with E-state index in [1.807, 2.05) is 5.38 Å². The van der Waals surface area contributed by atoms with Crippen molar-refractivity contribution >= 4 is 11.3 Å². The van der Waals surface area contributed by atoms with Gasteiger partial charge in [0.1, 0.15) is 12.8 Å². The second-order valence-electron chi connectivity index (χ2n) is 1.73. The summed E-state index contributed by atoms with van der Waals surface area (Å²) in [6.07, 6.45) is -0.920. The summed E-state index contributed by atoms with van der Waals surface area (Å²) in [7, 11) is 0. The molecule has 0 saturated carbocycles. The Kier molecular flexibility index (Phi) is 2.19. The average Bonchev–Trinajstić information content (AvgIpc) is 2.37. The molecule has 0 saturated heterocycles. The number of rotatable bonds is 2. The molecule has 1 atom stereocenters. The summed E-state index contributed by atoms with van der Waals surface area (Å²) in [5.41, 5.74) is 0.669. The minimum absolute atomic E-state index is 0.669. The highest BCUT2D eigenvalue weighted by Crippen LogP contribution is 2.15. The third kappa shape index (κ3) is 1.50. The number of hydrogen-bond donors (Lipinski definition) is 1. The first-order valence-electron chi connectivity index (χ1n) is 2.60. The molecule has 0 aliphatic heterocycles. The smallest absolute Gasteiger partial charge is 0.120 e. The van der Waals surface area contributed by atoms with Gasteiger partial charge in [-0.25, -0.2) is 4.39 Å². The Hall–Kier alpha value is -0.410. The molecule has 0 aliphatic carbocycles. The summed E-state index contributed by atoms with van der Waals surface area (Å²) in [4.78, 5) is 0. The Morgan fingerprint density at radius 2 is 2.56 bits per heavy atom. The van der Waals surface area contributed by atoms with E-state index in [1.54, 1.807) is 11.4 Å². The van der Waals surface area contributed by atoms with Gasteiger partial charge >= 0.3 is 0 Å². The molecule has 0 spiro atoms. The van der Waals surface area contributed by atoms with E-state index in [0.717, 1.165) is 0 Å². The lowest BCUT2D eigenvalue weighted by molar-refractivity contribution is 0.142. The van der Waals surface area contributed by atoms with Gasteiger partial charge < -0.3 is 5.11 Å². The molecule has 1 heterocycles. The lowest BCUT2D eigenvalue weighted by Gasteiger charge is -1.99. The van der Waals surface area contributed by atoms with E-state index in [0.29, 0.717) is 5.56 Å². The highest BCUT2D eigenvalue weighted by molar-refractivity contribution is 7.07. The van der Waals surface area contributed by atoms with E-state index in [1.165, 1.54) is 11.3 Å². The van der Waals surface area contributed by atoms with E-state index in [4.69, 9.17) is 5.11 Å². The standard InChI is InChI=1S/C6H7FOS/c7-3-6(8)5-1-2-9-4-5/h1-2,4,6,8H,3H2. The van der Waals surface area contributed by atoms with E-state index in [9.17, 15) is 4.39 Å². The minimum atomic E-state index is -0.920. The average molecular weight is 146 g/mol. The van der Waals surface area contributed by atoms with Crippen LogP contribution in [-0.4, -0.2) is 11.8 Å². The van der Waals surface area contributed by atoms with Gasteiger partial charge in [-0.3, -0.25) is 0 Å². The summed E-state index contributed by atoms with van der Waals surface area (Å²) >= 11 is 1.46. The van der Waals surface area contributed by atoms with Gasteiger partial charge in [0.2, 0.25) is 0 Å². The van der Waals surface area contributed by atoms with Crippen LogP contribution in [0, 0.1) is 0 Å². The van der Waals surface area contributed by atoms with Crippen LogP contribution in [0.3, 0.4) is 0 Å². The molecular weight excluding hydrogens is 139 g/mol. The zero-order valence-corrected chi connectivity index (χ0v) is 5.57. The van der Waals surface area contributed by atoms with E-state index in [-0.39, 0.29) is 0 Å². The fourth-order valence-corrected chi connectivity index (χ4v) is 1.26. The Morgan fingerprint density at radius 3 is 3.00 bits per heavy atom. The van der Waals surface area contributed by atoms with Crippen LogP contribution in [0.2, 0.25) is 0 Å². The topological polar surface area (TPSA) is 20.2 Å². The molecule has 0 bridgehead atoms. The fraction of sp³-hybridized carbons (Fsp3) is 0.333. The Labute approximate surface area is 56.8 Å². The molecule has 0 aliphatic rings. The first-order valence-corrected chi connectivity index (χ1v) is 3.55. The predicted molar refractivity (Wildman–Crippen MR) is 35.3 cm³/mol. The summed E-state index contributed by atoms with van der Waals surface area (Å²) in [6, 6.07) is 1.72. The fourth-order valence-electron chi connectivity index (χ4n) is 0.554. The molecule has 1 rings (SSSR count). The molecule has 50 valence electrons. The predicted octanol–water partition coefficient (Wildman–Crippen LogP) is 1.75. The summed E-state index contributed by atoms with van der Waals surface area (Å²) in [6.45, 7) is -0.698. The van der Waals surface area contributed by atoms with Crippen LogP contribution in [0.4, 0.5) is 4.39 Å². The molecule has 1 unspecified atom stereocenters. The number of hydrogen-bond acceptors (Lipinski definition) is 2. The molecule has 1 aromatic rings. The lowest BCUT2D eigenvalue weighted by atomic mass is 10.2. The van der Waals surface area contributed by atoms with Gasteiger partial charge in [-0.2, -0.15) is 11.3 Å². The molecule has 1 N–H and O–H groups in total. The Morgan fingerprint density at radius 1 is 1.78 bits per heavy atom. The van der Waals surface area contributed by atoms with Crippen molar-refractivity contribution in [1.29, 1.82) is 0 Å². The molecule has 3 heteroatoms. The maximum Gasteiger partial charge on any atom is 0.120 e. The van der Waals surface area contributed by atoms with Crippen molar-refractivity contribution in [2.75, 3.05) is 6.67 Å². The van der Waals surface area contributed by atoms with Crippen molar-refractivity contribution in [3.63, 3.8) is 0 Å². The monoisotopic (exact) mass is 146 g/mol. The number of aliphatic hydroxyl groups is 1. The molecule has 1 aromatic heterocycles. The maximum atomic E-state index is 11.7. The van der Waals surface area contributed by atoms with Gasteiger partial charge in [0, 0.05) is 0 Å². The van der Waals surface area contributed by atoms with Crippen LogP contribution in [0.25, 0.3) is 0 Å². The molecule has 1 nitrogen and oxygen atoms in total. The van der Waals surface area contributed by atoms with Crippen molar-refractivity contribution in [2.24, 2.45) is 0 Å². The van der Waals surface area contributed by atoms with Crippen molar-refractivity contribution in [3.05, 3.63) is 22.4 Å². The second-order valence-corrected chi connectivity index (χ2v) is 2.51. The van der Waals surface area contributed by atoms with Gasteiger partial charge in [-0.15, -0.1) is 0 Å². The molecular formula is C6H7FOS. The Balaban J connectivity index is 2.65. The zero-order chi connectivity index (χ0) is 6.69. The largest absolute Gasteiger partial charge is 0.386 e. The minimum Gasteiger partial charge on any atom is -0.386 e. The first-order chi connectivity index (χ1) is 4.34. The quantitative estimate of drug-likeness (QED) is 0.674. The number of aliphatic hydroxyl groups excluding tert-OH is 1. The van der Waals surface area contributed by atoms with Crippen LogP contribution < -0.4 is 0 Å². The SMILES string of the molecule is OC(CF)c1ccsc1. The van der Waals surface area contributed by atoms with E-state index < -0.39 is 12.8 Å². The van der Waals surface area contributed by atoms with Crippen molar-refractivity contribution in [1.82, 2.24) is 0 Å². The molecule has 0 radical (unpaired) electrons. The van der Waals surface area contributed by atoms with E-state index in [2.05, 4.69) is 0 Å². The number of thiophene rings is 1. The van der Waals surface area contributed by atoms with Crippen LogP contribution in [0.5, 0.6) is 0 Å². The van der Waals surface area contributed by atoms with Crippen molar-refractivity contribution in [2.45, 2.75) is 6.10 Å². The molecule has 0 aromatic carbocycles. The van der Waals surface area contributed by atoms with Crippen LogP contribution >= 0.6 is 11.3 Å². The van der Waals surface area contributed by atoms with Crippen molar-refractivity contribution < 1.29 is 9.50 Å². The molecule has 0 amide bonds. The second kappa shape index (κ2) is 2.94. The van der Waals surface area contributed by atoms with Gasteiger partial charge in [0.05, 0.1) is 0 Å². The summed E-state index contributed by atoms with van der Waals surface area (Å²) in [5, 5.41) is 12.4. The van der Waals surface area contributed by atoms with Gasteiger partial charge in [-0.05, 0) is 22.4 Å². The highest BCUT2D eigenvalue weighted by atomic mass is 32.1. The van der Waals surface area contributed by atoms with Crippen LogP contribution in [0.15, 0.2) is 16.8 Å². The Bertz CT molecular complexity index is 162. The van der Waals surface area contributed by atoms with E-state index >= 15 is 0 Å². The lowest BCUT2D eigenvalue weighted by Crippen LogP contribution is -1.95. The van der Waals surface area contributed by atoms with Crippen LogP contribution in [0.1, 0.15) is 11.7 Å². The normalized spacial score (nSPS) is 13.6. The van der Waals surface area contributed by atoms with Crippen LogP contribution in [-0.2, 0) is 0 Å². The van der Waals surface area contributed by atoms with Gasteiger partial charge in [-0.1, -0.05) is 0 Å². The number of halogens is 1. The summed E-state index contributed by atoms with van der Waals surface area (Å²) < 4.78 is 11.7. The maximum absolute atomic E-state index is 11.7. The summed E-state index contributed by atoms with van der Waals surface area (Å²) in [5.74, 6) is 0. The highest BCUT2D eigenvalue weighted by Gasteiger charge is 2.04. The van der Waals surface area contributed by atoms with Crippen molar-refractivity contribution in [3.8, 4) is 0 Å². The third-order valence-corrected chi connectivity index (χ3v) is 1.78. The third-order valence-electron chi connectivity index (χ3n) is 1.07. The first kappa shape index (κ1) is 6.71.